The summed E-state index contributed by atoms with van der Waals surface area (Å²) in [5, 5.41) is 3.49. The van der Waals surface area contributed by atoms with E-state index in [-0.39, 0.29) is 11.8 Å². The van der Waals surface area contributed by atoms with Crippen molar-refractivity contribution in [3.8, 4) is 11.3 Å². The predicted molar refractivity (Wildman–Crippen MR) is 111 cm³/mol. The SMILES string of the molecule is CNC(=O)CN1CCN(C(=O)c2cc(-c3cccnc3)nc3ccccc23)CC1. The summed E-state index contributed by atoms with van der Waals surface area (Å²) < 4.78 is 0. The molecule has 1 aromatic carbocycles. The van der Waals surface area contributed by atoms with Gasteiger partial charge in [0, 0.05) is 56.6 Å². The lowest BCUT2D eigenvalue weighted by Crippen LogP contribution is -2.50. The van der Waals surface area contributed by atoms with E-state index in [0.717, 1.165) is 22.2 Å². The second-order valence-electron chi connectivity index (χ2n) is 7.06. The second-order valence-corrected chi connectivity index (χ2v) is 7.06. The van der Waals surface area contributed by atoms with Gasteiger partial charge in [0.25, 0.3) is 5.91 Å². The van der Waals surface area contributed by atoms with Crippen LogP contribution in [0.5, 0.6) is 0 Å². The van der Waals surface area contributed by atoms with Gasteiger partial charge in [-0.3, -0.25) is 19.5 Å². The van der Waals surface area contributed by atoms with Crippen LogP contribution in [0.4, 0.5) is 0 Å². The predicted octanol–water partition coefficient (Wildman–Crippen LogP) is 1.80. The van der Waals surface area contributed by atoms with Gasteiger partial charge < -0.3 is 10.2 Å². The van der Waals surface area contributed by atoms with E-state index in [2.05, 4.69) is 15.2 Å². The first-order chi connectivity index (χ1) is 14.2. The molecule has 0 saturated carbocycles. The summed E-state index contributed by atoms with van der Waals surface area (Å²) in [5.41, 5.74) is 3.05. The van der Waals surface area contributed by atoms with E-state index in [1.165, 1.54) is 0 Å². The molecule has 7 nitrogen and oxygen atoms in total. The summed E-state index contributed by atoms with van der Waals surface area (Å²) in [5.74, 6) is -0.0145. The molecule has 0 bridgehead atoms. The molecule has 1 aliphatic heterocycles. The lowest BCUT2D eigenvalue weighted by molar-refractivity contribution is -0.122. The Morgan fingerprint density at radius 1 is 1.07 bits per heavy atom. The van der Waals surface area contributed by atoms with Crippen molar-refractivity contribution in [3.05, 3.63) is 60.4 Å². The van der Waals surface area contributed by atoms with Gasteiger partial charge in [0.1, 0.15) is 0 Å². The average Bonchev–Trinajstić information content (AvgIpc) is 2.79. The summed E-state index contributed by atoms with van der Waals surface area (Å²) in [6.07, 6.45) is 3.47. The summed E-state index contributed by atoms with van der Waals surface area (Å²) in [6, 6.07) is 13.4. The van der Waals surface area contributed by atoms with Crippen LogP contribution in [0.1, 0.15) is 10.4 Å². The highest BCUT2D eigenvalue weighted by atomic mass is 16.2. The smallest absolute Gasteiger partial charge is 0.254 e. The third-order valence-corrected chi connectivity index (χ3v) is 5.21. The lowest BCUT2D eigenvalue weighted by atomic mass is 10.0. The number of carbonyl (C=O) groups excluding carboxylic acids is 2. The maximum Gasteiger partial charge on any atom is 0.254 e. The number of nitrogens with zero attached hydrogens (tertiary/aromatic N) is 4. The molecule has 3 heterocycles. The number of benzene rings is 1. The number of piperazine rings is 1. The Balaban J connectivity index is 1.61. The molecule has 3 aromatic rings. The summed E-state index contributed by atoms with van der Waals surface area (Å²) in [4.78, 5) is 37.8. The largest absolute Gasteiger partial charge is 0.358 e. The maximum absolute atomic E-state index is 13.4. The van der Waals surface area contributed by atoms with Crippen molar-refractivity contribution in [2.45, 2.75) is 0 Å². The third kappa shape index (κ3) is 4.09. The number of pyridine rings is 2. The Bertz CT molecular complexity index is 1030. The number of hydrogen-bond acceptors (Lipinski definition) is 5. The van der Waals surface area contributed by atoms with Crippen molar-refractivity contribution in [1.29, 1.82) is 0 Å². The monoisotopic (exact) mass is 389 g/mol. The van der Waals surface area contributed by atoms with Gasteiger partial charge in [0.2, 0.25) is 5.91 Å². The molecule has 4 rings (SSSR count). The summed E-state index contributed by atoms with van der Waals surface area (Å²) in [7, 11) is 1.64. The molecule has 1 aliphatic rings. The molecule has 1 N–H and O–H groups in total. The van der Waals surface area contributed by atoms with Gasteiger partial charge in [-0.05, 0) is 24.3 Å². The van der Waals surface area contributed by atoms with E-state index in [0.29, 0.717) is 38.3 Å². The van der Waals surface area contributed by atoms with Gasteiger partial charge in [0.05, 0.1) is 23.3 Å². The van der Waals surface area contributed by atoms with E-state index in [4.69, 9.17) is 4.98 Å². The summed E-state index contributed by atoms with van der Waals surface area (Å²) in [6.45, 7) is 2.90. The van der Waals surface area contributed by atoms with Gasteiger partial charge in [-0.1, -0.05) is 18.2 Å². The number of aromatic nitrogens is 2. The molecule has 0 radical (unpaired) electrons. The van der Waals surface area contributed by atoms with E-state index in [1.54, 1.807) is 19.4 Å². The Morgan fingerprint density at radius 3 is 2.59 bits per heavy atom. The molecule has 0 atom stereocenters. The molecular formula is C22H23N5O2. The average molecular weight is 389 g/mol. The zero-order valence-electron chi connectivity index (χ0n) is 16.3. The first kappa shape index (κ1) is 19.0. The van der Waals surface area contributed by atoms with Crippen molar-refractivity contribution in [2.75, 3.05) is 39.8 Å². The van der Waals surface area contributed by atoms with Crippen LogP contribution in [0.15, 0.2) is 54.9 Å². The fourth-order valence-electron chi connectivity index (χ4n) is 3.58. The Hall–Kier alpha value is -3.32. The highest BCUT2D eigenvalue weighted by molar-refractivity contribution is 6.07. The molecule has 29 heavy (non-hydrogen) atoms. The molecule has 0 spiro atoms. The second kappa shape index (κ2) is 8.36. The minimum Gasteiger partial charge on any atom is -0.358 e. The molecule has 148 valence electrons. The number of rotatable bonds is 4. The normalized spacial score (nSPS) is 14.7. The van der Waals surface area contributed by atoms with Crippen LogP contribution >= 0.6 is 0 Å². The number of likely N-dealkylation sites (N-methyl/N-ethyl adjacent to an activating group) is 1. The Kier molecular flexibility index (Phi) is 5.48. The van der Waals surface area contributed by atoms with Gasteiger partial charge in [-0.15, -0.1) is 0 Å². The fourth-order valence-corrected chi connectivity index (χ4v) is 3.58. The van der Waals surface area contributed by atoms with Crippen LogP contribution in [0, 0.1) is 0 Å². The maximum atomic E-state index is 13.4. The number of nitrogens with one attached hydrogen (secondary N) is 1. The summed E-state index contributed by atoms with van der Waals surface area (Å²) >= 11 is 0. The van der Waals surface area contributed by atoms with E-state index in [1.807, 2.05) is 47.4 Å². The number of carbonyl (C=O) groups is 2. The highest BCUT2D eigenvalue weighted by Crippen LogP contribution is 2.25. The van der Waals surface area contributed by atoms with Crippen molar-refractivity contribution in [1.82, 2.24) is 25.1 Å². The van der Waals surface area contributed by atoms with Crippen molar-refractivity contribution < 1.29 is 9.59 Å². The molecule has 2 amide bonds. The zero-order chi connectivity index (χ0) is 20.2. The van der Waals surface area contributed by atoms with Crippen LogP contribution < -0.4 is 5.32 Å². The third-order valence-electron chi connectivity index (χ3n) is 5.21. The van der Waals surface area contributed by atoms with Crippen molar-refractivity contribution in [2.24, 2.45) is 0 Å². The van der Waals surface area contributed by atoms with Crippen LogP contribution in [-0.4, -0.2) is 71.4 Å². The van der Waals surface area contributed by atoms with Gasteiger partial charge >= 0.3 is 0 Å². The molecule has 1 fully saturated rings. The minimum absolute atomic E-state index is 0.00617. The van der Waals surface area contributed by atoms with E-state index < -0.39 is 0 Å². The molecule has 0 unspecified atom stereocenters. The minimum atomic E-state index is -0.00832. The van der Waals surface area contributed by atoms with E-state index >= 15 is 0 Å². The molecular weight excluding hydrogens is 366 g/mol. The molecule has 2 aromatic heterocycles. The first-order valence-corrected chi connectivity index (χ1v) is 9.68. The number of para-hydroxylation sites is 1. The van der Waals surface area contributed by atoms with Crippen molar-refractivity contribution in [3.63, 3.8) is 0 Å². The fraction of sp³-hybridized carbons (Fsp3) is 0.273. The molecule has 0 aliphatic carbocycles. The van der Waals surface area contributed by atoms with Gasteiger partial charge in [-0.2, -0.15) is 0 Å². The zero-order valence-corrected chi connectivity index (χ0v) is 16.3. The Labute approximate surface area is 169 Å². The quantitative estimate of drug-likeness (QED) is 0.736. The number of hydrogen-bond donors (Lipinski definition) is 1. The molecule has 1 saturated heterocycles. The van der Waals surface area contributed by atoms with E-state index in [9.17, 15) is 9.59 Å². The van der Waals surface area contributed by atoms with Gasteiger partial charge in [-0.25, -0.2) is 4.98 Å². The number of amides is 2. The lowest BCUT2D eigenvalue weighted by Gasteiger charge is -2.34. The van der Waals surface area contributed by atoms with Crippen LogP contribution in [-0.2, 0) is 4.79 Å². The van der Waals surface area contributed by atoms with Crippen LogP contribution in [0.2, 0.25) is 0 Å². The number of fused-ring (bicyclic) bond motifs is 1. The topological polar surface area (TPSA) is 78.4 Å². The van der Waals surface area contributed by atoms with Crippen molar-refractivity contribution >= 4 is 22.7 Å². The molecule has 7 heteroatoms. The highest BCUT2D eigenvalue weighted by Gasteiger charge is 2.25. The van der Waals surface area contributed by atoms with Gasteiger partial charge in [0.15, 0.2) is 0 Å². The standard InChI is InChI=1S/C22H23N5O2/c1-23-21(28)15-26-9-11-27(12-10-26)22(29)18-13-20(16-5-4-8-24-14-16)25-19-7-3-2-6-17(18)19/h2-8,13-14H,9-12,15H2,1H3,(H,23,28). The van der Waals surface area contributed by atoms with Crippen LogP contribution in [0.25, 0.3) is 22.2 Å². The Morgan fingerprint density at radius 2 is 1.86 bits per heavy atom. The van der Waals surface area contributed by atoms with Crippen LogP contribution in [0.3, 0.4) is 0 Å². The first-order valence-electron chi connectivity index (χ1n) is 9.68.